The molecule has 6 rings (SSSR count). The van der Waals surface area contributed by atoms with E-state index in [4.69, 9.17) is 9.84 Å². The molecule has 0 spiro atoms. The summed E-state index contributed by atoms with van der Waals surface area (Å²) in [5.41, 5.74) is 4.81. The number of aromatic nitrogens is 2. The molecule has 2 heterocycles. The lowest BCUT2D eigenvalue weighted by Gasteiger charge is -2.25. The first-order valence-corrected chi connectivity index (χ1v) is 12.6. The standard InChI is InChI=1S/C32H24FN3O3/c1-21-28(29(23-10-4-2-5-11-23)34-36(21)25-12-6-3-7-13-25)32(38)39-31-27-15-9-8-14-26(27)30(37)35(31)20-22-16-18-24(33)19-17-22/h2-19,31H,20H2,1H3. The molecule has 7 heteroatoms. The van der Waals surface area contributed by atoms with Crippen molar-refractivity contribution in [2.45, 2.75) is 19.7 Å². The highest BCUT2D eigenvalue weighted by Gasteiger charge is 2.40. The van der Waals surface area contributed by atoms with Gasteiger partial charge >= 0.3 is 5.97 Å². The summed E-state index contributed by atoms with van der Waals surface area (Å²) in [5, 5.41) is 4.80. The monoisotopic (exact) mass is 517 g/mol. The summed E-state index contributed by atoms with van der Waals surface area (Å²) in [7, 11) is 0. The molecule has 0 bridgehead atoms. The van der Waals surface area contributed by atoms with Crippen molar-refractivity contribution in [3.05, 3.63) is 143 Å². The normalized spacial score (nSPS) is 14.4. The Balaban J connectivity index is 1.41. The zero-order valence-electron chi connectivity index (χ0n) is 21.1. The molecule has 0 fully saturated rings. The minimum atomic E-state index is -0.950. The average molecular weight is 518 g/mol. The molecule has 0 aliphatic carbocycles. The van der Waals surface area contributed by atoms with Crippen LogP contribution in [0.1, 0.15) is 43.8 Å². The molecule has 1 aliphatic rings. The number of halogens is 1. The van der Waals surface area contributed by atoms with Gasteiger partial charge in [-0.25, -0.2) is 13.9 Å². The number of nitrogens with zero attached hydrogens (tertiary/aromatic N) is 3. The van der Waals surface area contributed by atoms with Crippen molar-refractivity contribution in [3.8, 4) is 16.9 Å². The van der Waals surface area contributed by atoms with Gasteiger partial charge in [0.2, 0.25) is 6.23 Å². The highest BCUT2D eigenvalue weighted by molar-refractivity contribution is 6.01. The van der Waals surface area contributed by atoms with E-state index in [1.54, 1.807) is 35.0 Å². The van der Waals surface area contributed by atoms with E-state index in [0.717, 1.165) is 16.8 Å². The molecule has 1 aromatic heterocycles. The zero-order valence-corrected chi connectivity index (χ0v) is 21.1. The number of carbonyl (C=O) groups is 2. The van der Waals surface area contributed by atoms with E-state index in [1.165, 1.54) is 17.0 Å². The number of fused-ring (bicyclic) bond motifs is 1. The Labute approximate surface area is 224 Å². The van der Waals surface area contributed by atoms with Crippen LogP contribution in [0.2, 0.25) is 0 Å². The van der Waals surface area contributed by atoms with Gasteiger partial charge in [0.05, 0.1) is 11.4 Å². The van der Waals surface area contributed by atoms with Gasteiger partial charge in [-0.1, -0.05) is 78.9 Å². The second kappa shape index (κ2) is 10.0. The van der Waals surface area contributed by atoms with Crippen molar-refractivity contribution in [1.82, 2.24) is 14.7 Å². The lowest BCUT2D eigenvalue weighted by Crippen LogP contribution is -2.30. The first-order chi connectivity index (χ1) is 19.0. The van der Waals surface area contributed by atoms with E-state index in [0.29, 0.717) is 28.1 Å². The van der Waals surface area contributed by atoms with Crippen LogP contribution >= 0.6 is 0 Å². The third-order valence-electron chi connectivity index (χ3n) is 6.85. The van der Waals surface area contributed by atoms with Gasteiger partial charge in [-0.15, -0.1) is 0 Å². The quantitative estimate of drug-likeness (QED) is 0.241. The van der Waals surface area contributed by atoms with Gasteiger partial charge < -0.3 is 4.74 Å². The summed E-state index contributed by atoms with van der Waals surface area (Å²) in [6, 6.07) is 32.0. The van der Waals surface area contributed by atoms with Crippen LogP contribution in [0, 0.1) is 12.7 Å². The van der Waals surface area contributed by atoms with Crippen LogP contribution < -0.4 is 0 Å². The Morgan fingerprint density at radius 2 is 1.51 bits per heavy atom. The highest BCUT2D eigenvalue weighted by atomic mass is 19.1. The van der Waals surface area contributed by atoms with Crippen LogP contribution in [0.5, 0.6) is 0 Å². The summed E-state index contributed by atoms with van der Waals surface area (Å²) in [6.07, 6.45) is -0.950. The SMILES string of the molecule is Cc1c(C(=O)OC2c3ccccc3C(=O)N2Cc2ccc(F)cc2)c(-c2ccccc2)nn1-c1ccccc1. The molecule has 1 unspecified atom stereocenters. The maximum absolute atomic E-state index is 14.0. The molecule has 1 amide bonds. The zero-order chi connectivity index (χ0) is 26.9. The Morgan fingerprint density at radius 3 is 2.23 bits per heavy atom. The van der Waals surface area contributed by atoms with Crippen molar-refractivity contribution in [2.24, 2.45) is 0 Å². The van der Waals surface area contributed by atoms with E-state index >= 15 is 0 Å². The van der Waals surface area contributed by atoms with Crippen LogP contribution in [0.4, 0.5) is 4.39 Å². The number of hydrogen-bond acceptors (Lipinski definition) is 4. The number of esters is 1. The number of para-hydroxylation sites is 1. The lowest BCUT2D eigenvalue weighted by molar-refractivity contribution is -0.0211. The predicted octanol–water partition coefficient (Wildman–Crippen LogP) is 6.50. The van der Waals surface area contributed by atoms with E-state index in [-0.39, 0.29) is 18.3 Å². The third-order valence-corrected chi connectivity index (χ3v) is 6.85. The second-order valence-corrected chi connectivity index (χ2v) is 9.33. The second-order valence-electron chi connectivity index (χ2n) is 9.33. The smallest absolute Gasteiger partial charge is 0.344 e. The number of carbonyl (C=O) groups excluding carboxylic acids is 2. The molecular weight excluding hydrogens is 493 g/mol. The number of hydrogen-bond donors (Lipinski definition) is 0. The van der Waals surface area contributed by atoms with Crippen LogP contribution in [0.15, 0.2) is 109 Å². The van der Waals surface area contributed by atoms with Crippen molar-refractivity contribution in [1.29, 1.82) is 0 Å². The Hall–Kier alpha value is -5.04. The van der Waals surface area contributed by atoms with Crippen molar-refractivity contribution in [3.63, 3.8) is 0 Å². The fourth-order valence-corrected chi connectivity index (χ4v) is 4.93. The molecule has 1 aliphatic heterocycles. The predicted molar refractivity (Wildman–Crippen MR) is 145 cm³/mol. The molecule has 0 saturated carbocycles. The van der Waals surface area contributed by atoms with Crippen LogP contribution in [0.25, 0.3) is 16.9 Å². The molecule has 1 atom stereocenters. The molecule has 4 aromatic carbocycles. The lowest BCUT2D eigenvalue weighted by atomic mass is 10.1. The third kappa shape index (κ3) is 4.48. The minimum absolute atomic E-state index is 0.152. The van der Waals surface area contributed by atoms with Crippen molar-refractivity contribution >= 4 is 11.9 Å². The average Bonchev–Trinajstić information content (AvgIpc) is 3.45. The summed E-state index contributed by atoms with van der Waals surface area (Å²) < 4.78 is 21.4. The number of rotatable bonds is 6. The van der Waals surface area contributed by atoms with Crippen LogP contribution in [-0.2, 0) is 11.3 Å². The van der Waals surface area contributed by atoms with E-state index in [9.17, 15) is 14.0 Å². The van der Waals surface area contributed by atoms with Gasteiger partial charge in [0.25, 0.3) is 5.91 Å². The molecular formula is C32H24FN3O3. The first kappa shape index (κ1) is 24.3. The van der Waals surface area contributed by atoms with E-state index < -0.39 is 12.2 Å². The fourth-order valence-electron chi connectivity index (χ4n) is 4.93. The summed E-state index contributed by atoms with van der Waals surface area (Å²) in [6.45, 7) is 1.98. The van der Waals surface area contributed by atoms with Gasteiger partial charge in [-0.3, -0.25) is 9.69 Å². The van der Waals surface area contributed by atoms with Gasteiger partial charge in [0, 0.05) is 23.2 Å². The summed E-state index contributed by atoms with van der Waals surface area (Å²) in [4.78, 5) is 28.8. The Kier molecular flexibility index (Phi) is 6.25. The van der Waals surface area contributed by atoms with Gasteiger partial charge in [0.15, 0.2) is 0 Å². The molecule has 6 nitrogen and oxygen atoms in total. The summed E-state index contributed by atoms with van der Waals surface area (Å²) >= 11 is 0. The van der Waals surface area contributed by atoms with Crippen molar-refractivity contribution < 1.29 is 18.7 Å². The number of amides is 1. The number of benzene rings is 4. The molecule has 5 aromatic rings. The van der Waals surface area contributed by atoms with E-state index in [2.05, 4.69) is 0 Å². The molecule has 0 saturated heterocycles. The maximum Gasteiger partial charge on any atom is 0.344 e. The summed E-state index contributed by atoms with van der Waals surface area (Å²) in [5.74, 6) is -1.21. The molecule has 39 heavy (non-hydrogen) atoms. The molecule has 0 N–H and O–H groups in total. The van der Waals surface area contributed by atoms with Crippen molar-refractivity contribution in [2.75, 3.05) is 0 Å². The van der Waals surface area contributed by atoms with Crippen LogP contribution in [-0.4, -0.2) is 26.6 Å². The minimum Gasteiger partial charge on any atom is -0.433 e. The highest BCUT2D eigenvalue weighted by Crippen LogP contribution is 2.37. The largest absolute Gasteiger partial charge is 0.433 e. The van der Waals surface area contributed by atoms with Gasteiger partial charge in [-0.05, 0) is 42.8 Å². The first-order valence-electron chi connectivity index (χ1n) is 12.6. The Bertz CT molecular complexity index is 1660. The van der Waals surface area contributed by atoms with Gasteiger partial charge in [0.1, 0.15) is 17.1 Å². The molecule has 192 valence electrons. The van der Waals surface area contributed by atoms with E-state index in [1.807, 2.05) is 73.7 Å². The van der Waals surface area contributed by atoms with Crippen LogP contribution in [0.3, 0.4) is 0 Å². The van der Waals surface area contributed by atoms with Gasteiger partial charge in [-0.2, -0.15) is 5.10 Å². The Morgan fingerprint density at radius 1 is 0.872 bits per heavy atom. The topological polar surface area (TPSA) is 64.4 Å². The molecule has 0 radical (unpaired) electrons. The number of ether oxygens (including phenoxy) is 1. The maximum atomic E-state index is 14.0. The fraction of sp³-hybridized carbons (Fsp3) is 0.0938.